The van der Waals surface area contributed by atoms with Gasteiger partial charge in [-0.25, -0.2) is 9.78 Å². The summed E-state index contributed by atoms with van der Waals surface area (Å²) in [6.45, 7) is 0.568. The molecule has 0 spiro atoms. The lowest BCUT2D eigenvalue weighted by molar-refractivity contribution is 0.252. The second kappa shape index (κ2) is 6.39. The van der Waals surface area contributed by atoms with Crippen LogP contribution in [-0.4, -0.2) is 17.6 Å². The van der Waals surface area contributed by atoms with Crippen molar-refractivity contribution in [2.45, 2.75) is 6.42 Å². The molecule has 2 aromatic rings. The molecule has 1 aromatic carbocycles. The number of carbonyl (C=O) groups is 1. The molecule has 0 aliphatic carbocycles. The summed E-state index contributed by atoms with van der Waals surface area (Å²) in [5.41, 5.74) is 6.71. The third-order valence-corrected chi connectivity index (χ3v) is 2.55. The molecule has 4 N–H and O–H groups in total. The number of aromatic nitrogens is 1. The molecule has 0 aliphatic heterocycles. The summed E-state index contributed by atoms with van der Waals surface area (Å²) in [6.07, 6.45) is 0.790. The van der Waals surface area contributed by atoms with Crippen molar-refractivity contribution < 1.29 is 4.79 Å². The van der Waals surface area contributed by atoms with Gasteiger partial charge in [0.2, 0.25) is 0 Å². The van der Waals surface area contributed by atoms with Gasteiger partial charge in [-0.2, -0.15) is 0 Å². The molecule has 0 atom stereocenters. The van der Waals surface area contributed by atoms with E-state index in [4.69, 9.17) is 5.73 Å². The first-order chi connectivity index (χ1) is 9.24. The lowest BCUT2D eigenvalue weighted by atomic mass is 10.1. The Kier molecular flexibility index (Phi) is 4.34. The third-order valence-electron chi connectivity index (χ3n) is 2.55. The van der Waals surface area contributed by atoms with Gasteiger partial charge in [0.25, 0.3) is 0 Å². The van der Waals surface area contributed by atoms with Gasteiger partial charge >= 0.3 is 6.03 Å². The number of urea groups is 1. The van der Waals surface area contributed by atoms with Crippen molar-refractivity contribution in [2.24, 2.45) is 0 Å². The predicted octanol–water partition coefficient (Wildman–Crippen LogP) is 2.03. The predicted molar refractivity (Wildman–Crippen MR) is 75.8 cm³/mol. The lowest BCUT2D eigenvalue weighted by Crippen LogP contribution is -2.30. The Bertz CT molecular complexity index is 542. The van der Waals surface area contributed by atoms with Crippen molar-refractivity contribution in [3.63, 3.8) is 0 Å². The molecule has 1 heterocycles. The maximum absolute atomic E-state index is 11.6. The minimum absolute atomic E-state index is 0.283. The van der Waals surface area contributed by atoms with Gasteiger partial charge in [0.15, 0.2) is 0 Å². The summed E-state index contributed by atoms with van der Waals surface area (Å²) in [6, 6.07) is 14.8. The number of carbonyl (C=O) groups excluding carboxylic acids is 1. The molecule has 0 fully saturated rings. The van der Waals surface area contributed by atoms with Crippen LogP contribution in [0.1, 0.15) is 5.56 Å². The van der Waals surface area contributed by atoms with Gasteiger partial charge in [-0.15, -0.1) is 0 Å². The zero-order valence-corrected chi connectivity index (χ0v) is 10.5. The van der Waals surface area contributed by atoms with Crippen molar-refractivity contribution in [3.8, 4) is 0 Å². The largest absolute Gasteiger partial charge is 0.384 e. The molecule has 2 amide bonds. The first-order valence-electron chi connectivity index (χ1n) is 6.05. The third kappa shape index (κ3) is 4.31. The van der Waals surface area contributed by atoms with Crippen LogP contribution in [0.4, 0.5) is 16.4 Å². The number of benzene rings is 1. The molecule has 0 aliphatic rings. The average molecular weight is 256 g/mol. The number of nitrogens with two attached hydrogens (primary N) is 1. The Balaban J connectivity index is 1.76. The van der Waals surface area contributed by atoms with E-state index in [9.17, 15) is 4.79 Å². The normalized spacial score (nSPS) is 9.89. The summed E-state index contributed by atoms with van der Waals surface area (Å²) in [7, 11) is 0. The standard InChI is InChI=1S/C14H16N4O/c15-12-7-4-8-13(17-12)18-14(19)16-10-9-11-5-2-1-3-6-11/h1-8H,9-10H2,(H4,15,16,17,18,19). The maximum Gasteiger partial charge on any atom is 0.320 e. The first kappa shape index (κ1) is 12.9. The van der Waals surface area contributed by atoms with E-state index in [0.29, 0.717) is 18.2 Å². The fourth-order valence-electron chi connectivity index (χ4n) is 1.65. The molecule has 0 unspecified atom stereocenters. The van der Waals surface area contributed by atoms with E-state index in [1.54, 1.807) is 18.2 Å². The molecule has 0 bridgehead atoms. The summed E-state index contributed by atoms with van der Waals surface area (Å²) >= 11 is 0. The topological polar surface area (TPSA) is 80.0 Å². The fraction of sp³-hybridized carbons (Fsp3) is 0.143. The van der Waals surface area contributed by atoms with Gasteiger partial charge in [-0.1, -0.05) is 36.4 Å². The molecular weight excluding hydrogens is 240 g/mol. The smallest absolute Gasteiger partial charge is 0.320 e. The van der Waals surface area contributed by atoms with E-state index < -0.39 is 0 Å². The molecule has 5 nitrogen and oxygen atoms in total. The second-order valence-corrected chi connectivity index (χ2v) is 4.06. The quantitative estimate of drug-likeness (QED) is 0.783. The maximum atomic E-state index is 11.6. The highest BCUT2D eigenvalue weighted by Gasteiger charge is 2.02. The van der Waals surface area contributed by atoms with Crippen LogP contribution < -0.4 is 16.4 Å². The Morgan fingerprint density at radius 1 is 1.11 bits per heavy atom. The number of nitrogens with one attached hydrogen (secondary N) is 2. The number of hydrogen-bond donors (Lipinski definition) is 3. The van der Waals surface area contributed by atoms with Crippen molar-refractivity contribution in [3.05, 3.63) is 54.1 Å². The van der Waals surface area contributed by atoms with Crippen LogP contribution in [0.5, 0.6) is 0 Å². The minimum Gasteiger partial charge on any atom is -0.384 e. The van der Waals surface area contributed by atoms with Crippen LogP contribution in [0, 0.1) is 0 Å². The molecule has 98 valence electrons. The van der Waals surface area contributed by atoms with Crippen molar-refractivity contribution in [1.82, 2.24) is 10.3 Å². The average Bonchev–Trinajstić information content (AvgIpc) is 2.40. The Labute approximate surface area is 111 Å². The van der Waals surface area contributed by atoms with Crippen LogP contribution in [0.15, 0.2) is 48.5 Å². The summed E-state index contributed by atoms with van der Waals surface area (Å²) < 4.78 is 0. The van der Waals surface area contributed by atoms with Crippen molar-refractivity contribution >= 4 is 17.7 Å². The molecule has 0 saturated carbocycles. The molecule has 19 heavy (non-hydrogen) atoms. The Hall–Kier alpha value is -2.56. The van der Waals surface area contributed by atoms with E-state index in [1.807, 2.05) is 30.3 Å². The van der Waals surface area contributed by atoms with Crippen LogP contribution in [0.2, 0.25) is 0 Å². The highest BCUT2D eigenvalue weighted by Crippen LogP contribution is 2.05. The van der Waals surface area contributed by atoms with Crippen LogP contribution >= 0.6 is 0 Å². The lowest BCUT2D eigenvalue weighted by Gasteiger charge is -2.07. The summed E-state index contributed by atoms with van der Waals surface area (Å²) in [5, 5.41) is 5.40. The van der Waals surface area contributed by atoms with Crippen LogP contribution in [0.3, 0.4) is 0 Å². The van der Waals surface area contributed by atoms with E-state index in [2.05, 4.69) is 15.6 Å². The van der Waals surface area contributed by atoms with Gasteiger partial charge in [-0.05, 0) is 24.1 Å². The second-order valence-electron chi connectivity index (χ2n) is 4.06. The zero-order chi connectivity index (χ0) is 13.5. The highest BCUT2D eigenvalue weighted by atomic mass is 16.2. The summed E-state index contributed by atoms with van der Waals surface area (Å²) in [5.74, 6) is 0.819. The molecular formula is C14H16N4O. The first-order valence-corrected chi connectivity index (χ1v) is 6.05. The number of nitrogens with zero attached hydrogens (tertiary/aromatic N) is 1. The van der Waals surface area contributed by atoms with E-state index in [1.165, 1.54) is 5.56 Å². The molecule has 0 saturated heterocycles. The SMILES string of the molecule is Nc1cccc(NC(=O)NCCc2ccccc2)n1. The molecule has 2 rings (SSSR count). The van der Waals surface area contributed by atoms with E-state index >= 15 is 0 Å². The highest BCUT2D eigenvalue weighted by molar-refractivity contribution is 5.88. The number of anilines is 2. The molecule has 1 aromatic heterocycles. The number of nitrogen functional groups attached to an aromatic ring is 1. The van der Waals surface area contributed by atoms with Crippen molar-refractivity contribution in [1.29, 1.82) is 0 Å². The number of amides is 2. The van der Waals surface area contributed by atoms with Crippen LogP contribution in [0.25, 0.3) is 0 Å². The Morgan fingerprint density at radius 3 is 2.63 bits per heavy atom. The number of pyridine rings is 1. The van der Waals surface area contributed by atoms with Crippen LogP contribution in [-0.2, 0) is 6.42 Å². The Morgan fingerprint density at radius 2 is 1.89 bits per heavy atom. The van der Waals surface area contributed by atoms with Gasteiger partial charge in [0.1, 0.15) is 11.6 Å². The van der Waals surface area contributed by atoms with Gasteiger partial charge < -0.3 is 11.1 Å². The monoisotopic (exact) mass is 256 g/mol. The fourth-order valence-corrected chi connectivity index (χ4v) is 1.65. The van der Waals surface area contributed by atoms with Gasteiger partial charge in [-0.3, -0.25) is 5.32 Å². The minimum atomic E-state index is -0.283. The number of hydrogen-bond acceptors (Lipinski definition) is 3. The zero-order valence-electron chi connectivity index (χ0n) is 10.5. The molecule has 5 heteroatoms. The van der Waals surface area contributed by atoms with E-state index in [0.717, 1.165) is 6.42 Å². The summed E-state index contributed by atoms with van der Waals surface area (Å²) in [4.78, 5) is 15.6. The molecule has 0 radical (unpaired) electrons. The van der Waals surface area contributed by atoms with Crippen molar-refractivity contribution in [2.75, 3.05) is 17.6 Å². The van der Waals surface area contributed by atoms with Gasteiger partial charge in [0.05, 0.1) is 0 Å². The number of rotatable bonds is 4. The van der Waals surface area contributed by atoms with E-state index in [-0.39, 0.29) is 6.03 Å². The van der Waals surface area contributed by atoms with Gasteiger partial charge in [0, 0.05) is 6.54 Å².